The van der Waals surface area contributed by atoms with Gasteiger partial charge in [0, 0.05) is 0 Å². The minimum absolute atomic E-state index is 0.340. The third-order valence-electron chi connectivity index (χ3n) is 2.04. The minimum Gasteiger partial charge on any atom is -0.333 e. The molecule has 0 aromatic heterocycles. The zero-order chi connectivity index (χ0) is 12.6. The molecule has 0 heterocycles. The molecule has 16 heavy (non-hydrogen) atoms. The van der Waals surface area contributed by atoms with Gasteiger partial charge in [-0.05, 0) is 19.4 Å². The van der Waals surface area contributed by atoms with Crippen LogP contribution in [-0.2, 0) is 4.79 Å². The number of halogens is 3. The van der Waals surface area contributed by atoms with Gasteiger partial charge in [-0.3, -0.25) is 4.79 Å². The van der Waals surface area contributed by atoms with E-state index in [1.165, 1.54) is 0 Å². The van der Waals surface area contributed by atoms with Gasteiger partial charge in [-0.25, -0.2) is 0 Å². The predicted molar refractivity (Wildman–Crippen MR) is 54.3 cm³/mol. The first-order valence-electron chi connectivity index (χ1n) is 5.21. The molecule has 4 nitrogen and oxygen atoms in total. The molecule has 96 valence electrons. The normalized spacial score (nSPS) is 13.6. The van der Waals surface area contributed by atoms with Crippen LogP contribution in [0.15, 0.2) is 0 Å². The third-order valence-corrected chi connectivity index (χ3v) is 2.04. The molecule has 0 saturated carbocycles. The van der Waals surface area contributed by atoms with Gasteiger partial charge in [-0.2, -0.15) is 13.2 Å². The number of rotatable bonds is 7. The summed E-state index contributed by atoms with van der Waals surface area (Å²) in [6, 6.07) is 0. The van der Waals surface area contributed by atoms with Gasteiger partial charge in [0.05, 0.1) is 6.17 Å². The van der Waals surface area contributed by atoms with Gasteiger partial charge in [0.15, 0.2) is 0 Å². The van der Waals surface area contributed by atoms with Gasteiger partial charge >= 0.3 is 12.1 Å². The maximum atomic E-state index is 11.8. The quantitative estimate of drug-likeness (QED) is 0.456. The molecule has 0 spiro atoms. The summed E-state index contributed by atoms with van der Waals surface area (Å²) in [5.41, 5.74) is 10.6. The first-order chi connectivity index (χ1) is 7.38. The fourth-order valence-corrected chi connectivity index (χ4v) is 1.18. The molecule has 0 saturated heterocycles. The zero-order valence-corrected chi connectivity index (χ0v) is 9.02. The fraction of sp³-hybridized carbons (Fsp3) is 0.889. The Hall–Kier alpha value is -0.820. The lowest BCUT2D eigenvalue weighted by Crippen LogP contribution is -2.47. The highest BCUT2D eigenvalue weighted by molar-refractivity contribution is 5.81. The summed E-state index contributed by atoms with van der Waals surface area (Å²) >= 11 is 0. The van der Waals surface area contributed by atoms with Crippen LogP contribution < -0.4 is 16.8 Å². The van der Waals surface area contributed by atoms with Crippen LogP contribution in [0.5, 0.6) is 0 Å². The summed E-state index contributed by atoms with van der Waals surface area (Å²) in [4.78, 5) is 10.5. The van der Waals surface area contributed by atoms with Crippen LogP contribution in [0.25, 0.3) is 0 Å². The molecule has 0 bridgehead atoms. The first kappa shape index (κ1) is 15.2. The van der Waals surface area contributed by atoms with Crippen LogP contribution in [0.1, 0.15) is 32.1 Å². The minimum atomic E-state index is -4.86. The van der Waals surface area contributed by atoms with Crippen molar-refractivity contribution in [1.82, 2.24) is 5.32 Å². The average molecular weight is 241 g/mol. The lowest BCUT2D eigenvalue weighted by Gasteiger charge is -2.14. The largest absolute Gasteiger partial charge is 0.471 e. The molecule has 1 atom stereocenters. The van der Waals surface area contributed by atoms with E-state index >= 15 is 0 Å². The van der Waals surface area contributed by atoms with Crippen molar-refractivity contribution in [2.45, 2.75) is 44.4 Å². The van der Waals surface area contributed by atoms with E-state index in [1.807, 2.05) is 0 Å². The van der Waals surface area contributed by atoms with Crippen LogP contribution in [0.4, 0.5) is 13.2 Å². The van der Waals surface area contributed by atoms with Crippen LogP contribution in [0.2, 0.25) is 0 Å². The van der Waals surface area contributed by atoms with Gasteiger partial charge in [0.2, 0.25) is 0 Å². The summed E-state index contributed by atoms with van der Waals surface area (Å²) < 4.78 is 35.5. The van der Waals surface area contributed by atoms with Gasteiger partial charge < -0.3 is 16.8 Å². The maximum Gasteiger partial charge on any atom is 0.471 e. The van der Waals surface area contributed by atoms with Gasteiger partial charge in [-0.1, -0.05) is 19.3 Å². The Labute approximate surface area is 92.5 Å². The lowest BCUT2D eigenvalue weighted by molar-refractivity contribution is -0.174. The van der Waals surface area contributed by atoms with Crippen LogP contribution in [0.3, 0.4) is 0 Å². The topological polar surface area (TPSA) is 81.1 Å². The Morgan fingerprint density at radius 1 is 1.19 bits per heavy atom. The summed E-state index contributed by atoms with van der Waals surface area (Å²) in [6.07, 6.45) is -2.11. The van der Waals surface area contributed by atoms with E-state index in [4.69, 9.17) is 11.5 Å². The maximum absolute atomic E-state index is 11.8. The van der Waals surface area contributed by atoms with Crippen molar-refractivity contribution in [3.05, 3.63) is 0 Å². The monoisotopic (exact) mass is 241 g/mol. The number of amides is 1. The van der Waals surface area contributed by atoms with Crippen molar-refractivity contribution in [3.8, 4) is 0 Å². The van der Waals surface area contributed by atoms with Gasteiger partial charge in [0.25, 0.3) is 0 Å². The number of hydrogen-bond donors (Lipinski definition) is 3. The molecule has 0 rings (SSSR count). The Kier molecular flexibility index (Phi) is 7.07. The average Bonchev–Trinajstić information content (AvgIpc) is 2.16. The van der Waals surface area contributed by atoms with Crippen molar-refractivity contribution in [3.63, 3.8) is 0 Å². The SMILES string of the molecule is NCCCCCCC(N)NC(=O)C(F)(F)F. The lowest BCUT2D eigenvalue weighted by atomic mass is 10.1. The van der Waals surface area contributed by atoms with Crippen LogP contribution in [-0.4, -0.2) is 24.8 Å². The molecule has 0 aromatic rings. The molecule has 0 radical (unpaired) electrons. The van der Waals surface area contributed by atoms with Crippen molar-refractivity contribution in [2.24, 2.45) is 11.5 Å². The molecule has 0 fully saturated rings. The van der Waals surface area contributed by atoms with Crippen LogP contribution >= 0.6 is 0 Å². The van der Waals surface area contributed by atoms with E-state index < -0.39 is 18.2 Å². The number of unbranched alkanes of at least 4 members (excludes halogenated alkanes) is 3. The number of alkyl halides is 3. The number of nitrogens with one attached hydrogen (secondary N) is 1. The van der Waals surface area contributed by atoms with Crippen molar-refractivity contribution in [2.75, 3.05) is 6.54 Å². The van der Waals surface area contributed by atoms with Crippen molar-refractivity contribution >= 4 is 5.91 Å². The zero-order valence-electron chi connectivity index (χ0n) is 9.02. The number of nitrogens with two attached hydrogens (primary N) is 2. The highest BCUT2D eigenvalue weighted by Gasteiger charge is 2.39. The second kappa shape index (κ2) is 7.45. The Morgan fingerprint density at radius 3 is 2.25 bits per heavy atom. The highest BCUT2D eigenvalue weighted by Crippen LogP contribution is 2.14. The molecular formula is C9H18F3N3O. The first-order valence-corrected chi connectivity index (χ1v) is 5.21. The molecule has 1 amide bonds. The van der Waals surface area contributed by atoms with Crippen molar-refractivity contribution < 1.29 is 18.0 Å². The van der Waals surface area contributed by atoms with Gasteiger partial charge in [-0.15, -0.1) is 0 Å². The van der Waals surface area contributed by atoms with Gasteiger partial charge in [0.1, 0.15) is 0 Å². The molecule has 5 N–H and O–H groups in total. The summed E-state index contributed by atoms with van der Waals surface area (Å²) in [6.45, 7) is 0.608. The molecule has 7 heteroatoms. The molecular weight excluding hydrogens is 223 g/mol. The molecule has 0 aromatic carbocycles. The molecule has 0 aliphatic rings. The summed E-state index contributed by atoms with van der Waals surface area (Å²) in [7, 11) is 0. The van der Waals surface area contributed by atoms with E-state index in [-0.39, 0.29) is 0 Å². The van der Waals surface area contributed by atoms with E-state index in [9.17, 15) is 18.0 Å². The molecule has 1 unspecified atom stereocenters. The Balaban J connectivity index is 3.59. The van der Waals surface area contributed by atoms with E-state index in [2.05, 4.69) is 0 Å². The van der Waals surface area contributed by atoms with E-state index in [0.717, 1.165) is 19.3 Å². The summed E-state index contributed by atoms with van der Waals surface area (Å²) in [5.74, 6) is -1.98. The fourth-order valence-electron chi connectivity index (χ4n) is 1.18. The number of carbonyl (C=O) groups excluding carboxylic acids is 1. The predicted octanol–water partition coefficient (Wildman–Crippen LogP) is 0.859. The second-order valence-corrected chi connectivity index (χ2v) is 3.57. The highest BCUT2D eigenvalue weighted by atomic mass is 19.4. The number of hydrogen-bond acceptors (Lipinski definition) is 3. The summed E-state index contributed by atoms with van der Waals surface area (Å²) in [5, 5.41) is 1.70. The Morgan fingerprint density at radius 2 is 1.75 bits per heavy atom. The second-order valence-electron chi connectivity index (χ2n) is 3.57. The van der Waals surface area contributed by atoms with Crippen molar-refractivity contribution in [1.29, 1.82) is 0 Å². The smallest absolute Gasteiger partial charge is 0.333 e. The van der Waals surface area contributed by atoms with Crippen LogP contribution in [0, 0.1) is 0 Å². The van der Waals surface area contributed by atoms with E-state index in [0.29, 0.717) is 19.4 Å². The number of carbonyl (C=O) groups is 1. The Bertz CT molecular complexity index is 209. The standard InChI is InChI=1S/C9H18F3N3O/c10-9(11,12)8(16)15-7(14)5-3-1-2-4-6-13/h7H,1-6,13-14H2,(H,15,16). The molecule has 0 aliphatic carbocycles. The molecule has 0 aliphatic heterocycles. The third kappa shape index (κ3) is 7.47. The van der Waals surface area contributed by atoms with E-state index in [1.54, 1.807) is 5.32 Å².